The predicted octanol–water partition coefficient (Wildman–Crippen LogP) is 1.67. The SMILES string of the molecule is Cc1nnc(SCc2cc(-c3cccs3)on2)n(N)c1=O. The molecule has 0 saturated heterocycles. The summed E-state index contributed by atoms with van der Waals surface area (Å²) in [5.74, 6) is 6.88. The zero-order valence-corrected chi connectivity index (χ0v) is 12.6. The standard InChI is InChI=1S/C12H11N5O2S2/c1-7-11(18)17(13)12(15-14-7)21-6-8-5-9(19-16-8)10-3-2-4-20-10/h2-5H,6,13H2,1H3. The minimum absolute atomic E-state index is 0.267. The number of nitrogens with zero attached hydrogens (tertiary/aromatic N) is 4. The second kappa shape index (κ2) is 5.70. The van der Waals surface area contributed by atoms with E-state index in [1.54, 1.807) is 18.3 Å². The monoisotopic (exact) mass is 321 g/mol. The Kier molecular flexibility index (Phi) is 3.76. The summed E-state index contributed by atoms with van der Waals surface area (Å²) in [6.07, 6.45) is 0. The van der Waals surface area contributed by atoms with Crippen LogP contribution < -0.4 is 11.4 Å². The third-order valence-electron chi connectivity index (χ3n) is 2.69. The van der Waals surface area contributed by atoms with Crippen molar-refractivity contribution >= 4 is 23.1 Å². The molecule has 3 heterocycles. The summed E-state index contributed by atoms with van der Waals surface area (Å²) in [6, 6.07) is 5.77. The van der Waals surface area contributed by atoms with Gasteiger partial charge in [-0.1, -0.05) is 23.0 Å². The number of hydrogen-bond donors (Lipinski definition) is 1. The van der Waals surface area contributed by atoms with E-state index in [1.807, 2.05) is 23.6 Å². The summed E-state index contributed by atoms with van der Waals surface area (Å²) < 4.78 is 6.28. The van der Waals surface area contributed by atoms with Crippen LogP contribution in [0.4, 0.5) is 0 Å². The van der Waals surface area contributed by atoms with Crippen molar-refractivity contribution in [2.75, 3.05) is 5.84 Å². The number of rotatable bonds is 4. The summed E-state index contributed by atoms with van der Waals surface area (Å²) in [6.45, 7) is 1.57. The van der Waals surface area contributed by atoms with Gasteiger partial charge >= 0.3 is 0 Å². The highest BCUT2D eigenvalue weighted by molar-refractivity contribution is 7.98. The maximum atomic E-state index is 11.6. The number of hydrogen-bond acceptors (Lipinski definition) is 8. The molecule has 0 radical (unpaired) electrons. The lowest BCUT2D eigenvalue weighted by atomic mass is 10.3. The highest BCUT2D eigenvalue weighted by Crippen LogP contribution is 2.27. The molecule has 0 saturated carbocycles. The van der Waals surface area contributed by atoms with Crippen LogP contribution in [0.5, 0.6) is 0 Å². The number of nitrogens with two attached hydrogens (primary N) is 1. The molecule has 7 nitrogen and oxygen atoms in total. The molecule has 108 valence electrons. The Balaban J connectivity index is 1.74. The second-order valence-corrected chi connectivity index (χ2v) is 6.08. The zero-order valence-electron chi connectivity index (χ0n) is 11.0. The van der Waals surface area contributed by atoms with Crippen molar-refractivity contribution in [1.29, 1.82) is 0 Å². The maximum absolute atomic E-state index is 11.6. The van der Waals surface area contributed by atoms with Crippen LogP contribution in [0.25, 0.3) is 10.6 Å². The van der Waals surface area contributed by atoms with Crippen LogP contribution >= 0.6 is 23.1 Å². The first-order valence-electron chi connectivity index (χ1n) is 5.99. The van der Waals surface area contributed by atoms with E-state index in [0.29, 0.717) is 10.9 Å². The molecule has 3 rings (SSSR count). The van der Waals surface area contributed by atoms with Crippen molar-refractivity contribution in [3.63, 3.8) is 0 Å². The first kappa shape index (κ1) is 13.8. The van der Waals surface area contributed by atoms with Gasteiger partial charge in [0.05, 0.1) is 10.6 Å². The highest BCUT2D eigenvalue weighted by atomic mass is 32.2. The van der Waals surface area contributed by atoms with Crippen LogP contribution in [-0.2, 0) is 5.75 Å². The molecule has 0 fully saturated rings. The van der Waals surface area contributed by atoms with Gasteiger partial charge in [-0.3, -0.25) is 4.79 Å². The van der Waals surface area contributed by atoms with Gasteiger partial charge in [-0.2, -0.15) is 4.68 Å². The van der Waals surface area contributed by atoms with E-state index >= 15 is 0 Å². The van der Waals surface area contributed by atoms with Crippen LogP contribution in [0.15, 0.2) is 38.1 Å². The highest BCUT2D eigenvalue weighted by Gasteiger charge is 2.11. The van der Waals surface area contributed by atoms with Crippen molar-refractivity contribution in [3.8, 4) is 10.6 Å². The Morgan fingerprint density at radius 3 is 3.10 bits per heavy atom. The lowest BCUT2D eigenvalue weighted by molar-refractivity contribution is 0.427. The van der Waals surface area contributed by atoms with Crippen molar-refractivity contribution in [2.45, 2.75) is 17.8 Å². The van der Waals surface area contributed by atoms with E-state index in [9.17, 15) is 4.79 Å². The maximum Gasteiger partial charge on any atom is 0.294 e. The lowest BCUT2D eigenvalue weighted by Gasteiger charge is -2.04. The Morgan fingerprint density at radius 1 is 1.48 bits per heavy atom. The van der Waals surface area contributed by atoms with Gasteiger partial charge in [0.15, 0.2) is 5.76 Å². The summed E-state index contributed by atoms with van der Waals surface area (Å²) in [5.41, 5.74) is 0.661. The largest absolute Gasteiger partial charge is 0.355 e. The van der Waals surface area contributed by atoms with Crippen LogP contribution in [-0.4, -0.2) is 20.0 Å². The number of aryl methyl sites for hydroxylation is 1. The number of aromatic nitrogens is 4. The second-order valence-electron chi connectivity index (χ2n) is 4.19. The quantitative estimate of drug-likeness (QED) is 0.576. The van der Waals surface area contributed by atoms with Crippen LogP contribution in [0.2, 0.25) is 0 Å². The summed E-state index contributed by atoms with van der Waals surface area (Å²) in [5, 5.41) is 14.0. The van der Waals surface area contributed by atoms with Gasteiger partial charge in [0.2, 0.25) is 5.16 Å². The van der Waals surface area contributed by atoms with E-state index < -0.39 is 0 Å². The smallest absolute Gasteiger partial charge is 0.294 e. The van der Waals surface area contributed by atoms with E-state index in [1.165, 1.54) is 11.8 Å². The third kappa shape index (κ3) is 2.83. The predicted molar refractivity (Wildman–Crippen MR) is 80.6 cm³/mol. The van der Waals surface area contributed by atoms with Crippen molar-refractivity contribution < 1.29 is 4.52 Å². The van der Waals surface area contributed by atoms with E-state index in [-0.39, 0.29) is 11.3 Å². The minimum Gasteiger partial charge on any atom is -0.355 e. The van der Waals surface area contributed by atoms with Gasteiger partial charge in [0.25, 0.3) is 5.56 Å². The van der Waals surface area contributed by atoms with Crippen molar-refractivity contribution in [1.82, 2.24) is 20.0 Å². The lowest BCUT2D eigenvalue weighted by Crippen LogP contribution is -2.32. The fraction of sp³-hybridized carbons (Fsp3) is 0.167. The molecule has 3 aromatic rings. The molecular formula is C12H11N5O2S2. The van der Waals surface area contributed by atoms with Gasteiger partial charge in [-0.05, 0) is 18.4 Å². The third-order valence-corrected chi connectivity index (χ3v) is 4.55. The molecule has 0 aliphatic rings. The molecule has 0 aromatic carbocycles. The summed E-state index contributed by atoms with van der Waals surface area (Å²) >= 11 is 2.86. The fourth-order valence-corrected chi connectivity index (χ4v) is 3.03. The van der Waals surface area contributed by atoms with Crippen molar-refractivity contribution in [2.24, 2.45) is 0 Å². The molecule has 0 amide bonds. The average Bonchev–Trinajstić information content (AvgIpc) is 3.14. The van der Waals surface area contributed by atoms with Crippen LogP contribution in [0, 0.1) is 6.92 Å². The first-order chi connectivity index (χ1) is 10.1. The molecule has 0 atom stereocenters. The van der Waals surface area contributed by atoms with Gasteiger partial charge in [-0.25, -0.2) is 0 Å². The summed E-state index contributed by atoms with van der Waals surface area (Å²) in [7, 11) is 0. The Hall–Kier alpha value is -2.13. The van der Waals surface area contributed by atoms with E-state index in [4.69, 9.17) is 10.4 Å². The first-order valence-corrected chi connectivity index (χ1v) is 7.85. The minimum atomic E-state index is -0.355. The van der Waals surface area contributed by atoms with Gasteiger partial charge < -0.3 is 10.4 Å². The molecular weight excluding hydrogens is 310 g/mol. The van der Waals surface area contributed by atoms with E-state index in [2.05, 4.69) is 15.4 Å². The molecule has 0 bridgehead atoms. The van der Waals surface area contributed by atoms with E-state index in [0.717, 1.165) is 21.0 Å². The fourth-order valence-electron chi connectivity index (χ4n) is 1.62. The Labute approximate surface area is 127 Å². The molecule has 0 aliphatic carbocycles. The number of thiophene rings is 1. The molecule has 0 unspecified atom stereocenters. The summed E-state index contributed by atoms with van der Waals surface area (Å²) in [4.78, 5) is 12.7. The molecule has 3 aromatic heterocycles. The number of nitrogen functional groups attached to an aromatic ring is 1. The molecule has 2 N–H and O–H groups in total. The van der Waals surface area contributed by atoms with Gasteiger partial charge in [0.1, 0.15) is 5.69 Å². The molecule has 0 spiro atoms. The zero-order chi connectivity index (χ0) is 14.8. The molecule has 9 heteroatoms. The van der Waals surface area contributed by atoms with Gasteiger partial charge in [-0.15, -0.1) is 21.5 Å². The van der Waals surface area contributed by atoms with Crippen LogP contribution in [0.1, 0.15) is 11.4 Å². The topological polar surface area (TPSA) is 99.8 Å². The molecule has 21 heavy (non-hydrogen) atoms. The Morgan fingerprint density at radius 2 is 2.33 bits per heavy atom. The van der Waals surface area contributed by atoms with Crippen LogP contribution in [0.3, 0.4) is 0 Å². The molecule has 0 aliphatic heterocycles. The average molecular weight is 321 g/mol. The van der Waals surface area contributed by atoms with Crippen molar-refractivity contribution in [3.05, 3.63) is 45.3 Å². The van der Waals surface area contributed by atoms with Gasteiger partial charge in [0, 0.05) is 11.8 Å². The number of thioether (sulfide) groups is 1. The Bertz CT molecular complexity index is 809. The normalized spacial score (nSPS) is 10.9.